The van der Waals surface area contributed by atoms with E-state index in [-0.39, 0.29) is 6.61 Å². The van der Waals surface area contributed by atoms with Gasteiger partial charge in [-0.2, -0.15) is 0 Å². The van der Waals surface area contributed by atoms with Gasteiger partial charge in [-0.3, -0.25) is 0 Å². The van der Waals surface area contributed by atoms with Crippen LogP contribution in [0.2, 0.25) is 0 Å². The minimum Gasteiger partial charge on any atom is -0.396 e. The molecule has 4 nitrogen and oxygen atoms in total. The number of aliphatic hydroxyl groups is 1. The Labute approximate surface area is 105 Å². The van der Waals surface area contributed by atoms with Crippen molar-refractivity contribution in [3.63, 3.8) is 0 Å². The van der Waals surface area contributed by atoms with Crippen LogP contribution in [0.15, 0.2) is 0 Å². The fraction of sp³-hybridized carbons (Fsp3) is 1.00. The Kier molecular flexibility index (Phi) is 15.7. The third-order valence-corrected chi connectivity index (χ3v) is 2.24. The van der Waals surface area contributed by atoms with Gasteiger partial charge in [-0.05, 0) is 25.7 Å². The van der Waals surface area contributed by atoms with Crippen LogP contribution in [0.25, 0.3) is 0 Å². The van der Waals surface area contributed by atoms with Crippen molar-refractivity contribution in [2.24, 2.45) is 0 Å². The van der Waals surface area contributed by atoms with E-state index in [1.54, 1.807) is 0 Å². The highest BCUT2D eigenvalue weighted by Crippen LogP contribution is 1.92. The number of hydrogen-bond donors (Lipinski definition) is 1. The second-order valence-corrected chi connectivity index (χ2v) is 3.97. The van der Waals surface area contributed by atoms with Crippen LogP contribution in [-0.2, 0) is 14.2 Å². The molecular weight excluding hydrogens is 220 g/mol. The fourth-order valence-electron chi connectivity index (χ4n) is 1.25. The van der Waals surface area contributed by atoms with Gasteiger partial charge in [0.25, 0.3) is 0 Å². The molecule has 0 aliphatic heterocycles. The summed E-state index contributed by atoms with van der Waals surface area (Å²) in [5, 5.41) is 8.53. The summed E-state index contributed by atoms with van der Waals surface area (Å²) < 4.78 is 16.1. The Balaban J connectivity index is 2.85. The molecule has 0 bridgehead atoms. The van der Waals surface area contributed by atoms with Crippen LogP contribution in [0.3, 0.4) is 0 Å². The largest absolute Gasteiger partial charge is 0.396 e. The predicted octanol–water partition coefficient (Wildman–Crippen LogP) is 2.00. The SMILES string of the molecule is CCCCOCCCOCCCOCCCO. The van der Waals surface area contributed by atoms with Crippen molar-refractivity contribution in [2.75, 3.05) is 46.2 Å². The highest BCUT2D eigenvalue weighted by atomic mass is 16.5. The van der Waals surface area contributed by atoms with Crippen molar-refractivity contribution >= 4 is 0 Å². The Morgan fingerprint density at radius 3 is 1.47 bits per heavy atom. The molecule has 1 N–H and O–H groups in total. The molecule has 0 unspecified atom stereocenters. The molecule has 0 aromatic carbocycles. The molecule has 0 heterocycles. The molecule has 0 amide bonds. The van der Waals surface area contributed by atoms with Gasteiger partial charge in [0.2, 0.25) is 0 Å². The van der Waals surface area contributed by atoms with E-state index in [4.69, 9.17) is 19.3 Å². The monoisotopic (exact) mass is 248 g/mol. The number of ether oxygens (including phenoxy) is 3. The second kappa shape index (κ2) is 15.8. The Bertz CT molecular complexity index is 117. The van der Waals surface area contributed by atoms with Crippen molar-refractivity contribution in [1.82, 2.24) is 0 Å². The molecular formula is C13H28O4. The summed E-state index contributed by atoms with van der Waals surface area (Å²) in [6.07, 6.45) is 4.94. The quantitative estimate of drug-likeness (QED) is 0.478. The van der Waals surface area contributed by atoms with Crippen molar-refractivity contribution in [3.8, 4) is 0 Å². The maximum absolute atomic E-state index is 8.53. The maximum Gasteiger partial charge on any atom is 0.0488 e. The number of aliphatic hydroxyl groups excluding tert-OH is 1. The van der Waals surface area contributed by atoms with E-state index >= 15 is 0 Å². The lowest BCUT2D eigenvalue weighted by molar-refractivity contribution is 0.0599. The van der Waals surface area contributed by atoms with Gasteiger partial charge in [0.1, 0.15) is 0 Å². The predicted molar refractivity (Wildman–Crippen MR) is 68.3 cm³/mol. The second-order valence-electron chi connectivity index (χ2n) is 3.97. The van der Waals surface area contributed by atoms with Crippen molar-refractivity contribution in [1.29, 1.82) is 0 Å². The summed E-state index contributed by atoms with van der Waals surface area (Å²) in [6, 6.07) is 0. The summed E-state index contributed by atoms with van der Waals surface area (Å²) in [5.74, 6) is 0. The zero-order chi connectivity index (χ0) is 12.6. The molecule has 0 radical (unpaired) electrons. The smallest absolute Gasteiger partial charge is 0.0488 e. The topological polar surface area (TPSA) is 47.9 Å². The van der Waals surface area contributed by atoms with E-state index in [1.807, 2.05) is 0 Å². The highest BCUT2D eigenvalue weighted by molar-refractivity contribution is 4.39. The van der Waals surface area contributed by atoms with E-state index in [0.717, 1.165) is 52.1 Å². The third-order valence-electron chi connectivity index (χ3n) is 2.24. The molecule has 0 aromatic rings. The number of rotatable bonds is 14. The van der Waals surface area contributed by atoms with E-state index in [2.05, 4.69) is 6.92 Å². The summed E-state index contributed by atoms with van der Waals surface area (Å²) in [6.45, 7) is 6.90. The molecule has 0 atom stereocenters. The lowest BCUT2D eigenvalue weighted by Crippen LogP contribution is -2.06. The van der Waals surface area contributed by atoms with Crippen LogP contribution in [-0.4, -0.2) is 51.4 Å². The zero-order valence-corrected chi connectivity index (χ0v) is 11.2. The van der Waals surface area contributed by atoms with E-state index < -0.39 is 0 Å². The van der Waals surface area contributed by atoms with Crippen LogP contribution >= 0.6 is 0 Å². The van der Waals surface area contributed by atoms with Crippen molar-refractivity contribution in [2.45, 2.75) is 39.0 Å². The molecule has 104 valence electrons. The Morgan fingerprint density at radius 1 is 0.647 bits per heavy atom. The first-order valence-corrected chi connectivity index (χ1v) is 6.76. The molecule has 0 aliphatic rings. The lowest BCUT2D eigenvalue weighted by Gasteiger charge is -2.06. The van der Waals surface area contributed by atoms with Gasteiger partial charge < -0.3 is 19.3 Å². The normalized spacial score (nSPS) is 10.9. The first kappa shape index (κ1) is 16.8. The fourth-order valence-corrected chi connectivity index (χ4v) is 1.25. The van der Waals surface area contributed by atoms with E-state index in [1.165, 1.54) is 6.42 Å². The van der Waals surface area contributed by atoms with Crippen molar-refractivity contribution < 1.29 is 19.3 Å². The third kappa shape index (κ3) is 15.8. The van der Waals surface area contributed by atoms with Gasteiger partial charge >= 0.3 is 0 Å². The molecule has 0 aromatic heterocycles. The summed E-state index contributed by atoms with van der Waals surface area (Å²) >= 11 is 0. The van der Waals surface area contributed by atoms with Gasteiger partial charge in [-0.1, -0.05) is 13.3 Å². The molecule has 17 heavy (non-hydrogen) atoms. The minimum atomic E-state index is 0.203. The van der Waals surface area contributed by atoms with Gasteiger partial charge in [0, 0.05) is 46.2 Å². The standard InChI is InChI=1S/C13H28O4/c1-2-3-8-15-10-5-12-17-13-6-11-16-9-4-7-14/h14H,2-13H2,1H3. The highest BCUT2D eigenvalue weighted by Gasteiger charge is 1.92. The van der Waals surface area contributed by atoms with Gasteiger partial charge in [-0.25, -0.2) is 0 Å². The van der Waals surface area contributed by atoms with Crippen LogP contribution in [0.5, 0.6) is 0 Å². The van der Waals surface area contributed by atoms with Crippen LogP contribution < -0.4 is 0 Å². The van der Waals surface area contributed by atoms with Gasteiger partial charge in [-0.15, -0.1) is 0 Å². The minimum absolute atomic E-state index is 0.203. The zero-order valence-electron chi connectivity index (χ0n) is 11.2. The number of hydrogen-bond acceptors (Lipinski definition) is 4. The summed E-state index contributed by atoms with van der Waals surface area (Å²) in [4.78, 5) is 0. The molecule has 4 heteroatoms. The van der Waals surface area contributed by atoms with Crippen LogP contribution in [0.4, 0.5) is 0 Å². The molecule has 0 saturated carbocycles. The van der Waals surface area contributed by atoms with Crippen LogP contribution in [0, 0.1) is 0 Å². The first-order chi connectivity index (χ1) is 8.41. The lowest BCUT2D eigenvalue weighted by atomic mass is 10.4. The van der Waals surface area contributed by atoms with E-state index in [9.17, 15) is 0 Å². The van der Waals surface area contributed by atoms with Crippen molar-refractivity contribution in [3.05, 3.63) is 0 Å². The first-order valence-electron chi connectivity index (χ1n) is 6.76. The molecule has 0 aliphatic carbocycles. The molecule has 0 fully saturated rings. The Morgan fingerprint density at radius 2 is 1.06 bits per heavy atom. The van der Waals surface area contributed by atoms with Gasteiger partial charge in [0.05, 0.1) is 0 Å². The number of unbranched alkanes of at least 4 members (excludes halogenated alkanes) is 1. The molecule has 0 spiro atoms. The summed E-state index contributed by atoms with van der Waals surface area (Å²) in [7, 11) is 0. The molecule has 0 saturated heterocycles. The molecule has 0 rings (SSSR count). The Hall–Kier alpha value is -0.160. The van der Waals surface area contributed by atoms with Gasteiger partial charge in [0.15, 0.2) is 0 Å². The average molecular weight is 248 g/mol. The van der Waals surface area contributed by atoms with Crippen LogP contribution in [0.1, 0.15) is 39.0 Å². The average Bonchev–Trinajstić information content (AvgIpc) is 2.35. The van der Waals surface area contributed by atoms with E-state index in [0.29, 0.717) is 13.2 Å². The maximum atomic E-state index is 8.53. The summed E-state index contributed by atoms with van der Waals surface area (Å²) in [5.41, 5.74) is 0.